The normalized spacial score (nSPS) is 39.7. The van der Waals surface area contributed by atoms with E-state index in [1.165, 1.54) is 29.6 Å². The van der Waals surface area contributed by atoms with Crippen LogP contribution in [0.25, 0.3) is 0 Å². The van der Waals surface area contributed by atoms with E-state index in [4.69, 9.17) is 9.47 Å². The van der Waals surface area contributed by atoms with Crippen molar-refractivity contribution in [3.05, 3.63) is 68.0 Å². The third-order valence-corrected chi connectivity index (χ3v) is 16.7. The van der Waals surface area contributed by atoms with Gasteiger partial charge in [0.25, 0.3) is 0 Å². The second-order valence-corrected chi connectivity index (χ2v) is 19.3. The summed E-state index contributed by atoms with van der Waals surface area (Å²) in [5.41, 5.74) is 1.52. The lowest BCUT2D eigenvalue weighted by Gasteiger charge is -2.72. The monoisotopic (exact) mass is 713 g/mol. The summed E-state index contributed by atoms with van der Waals surface area (Å²) in [6.07, 6.45) is 7.93. The summed E-state index contributed by atoms with van der Waals surface area (Å²) in [6, 6.07) is 9.55. The van der Waals surface area contributed by atoms with Crippen LogP contribution in [0, 0.1) is 44.8 Å². The summed E-state index contributed by atoms with van der Waals surface area (Å²) in [4.78, 5) is 54.8. The molecule has 1 aromatic heterocycles. The third kappa shape index (κ3) is 4.34. The van der Waals surface area contributed by atoms with Crippen molar-refractivity contribution in [3.8, 4) is 0 Å². The van der Waals surface area contributed by atoms with E-state index in [2.05, 4.69) is 48.5 Å². The fourth-order valence-electron chi connectivity index (χ4n) is 14.2. The van der Waals surface area contributed by atoms with Gasteiger partial charge in [-0.3, -0.25) is 9.59 Å². The quantitative estimate of drug-likeness (QED) is 0.229. The Hall–Kier alpha value is -3.36. The lowest BCUT2D eigenvalue weighted by atomic mass is 9.33. The minimum absolute atomic E-state index is 0.0320. The number of fused-ring (bicyclic) bond motifs is 7. The van der Waals surface area contributed by atoms with Crippen LogP contribution in [0.15, 0.2) is 51.1 Å². The molecule has 0 N–H and O–H groups in total. The topological polar surface area (TPSA) is 102 Å². The molecule has 0 radical (unpaired) electrons. The molecule has 0 saturated heterocycles. The minimum atomic E-state index is -0.694. The molecule has 0 amide bonds. The summed E-state index contributed by atoms with van der Waals surface area (Å²) >= 11 is 0. The van der Waals surface area contributed by atoms with Crippen molar-refractivity contribution in [3.63, 3.8) is 0 Å². The Kier molecular flexibility index (Phi) is 7.77. The van der Waals surface area contributed by atoms with Gasteiger partial charge < -0.3 is 9.47 Å². The van der Waals surface area contributed by atoms with Crippen molar-refractivity contribution in [2.24, 2.45) is 44.8 Å². The van der Waals surface area contributed by atoms with Gasteiger partial charge in [-0.05, 0) is 108 Å². The van der Waals surface area contributed by atoms with E-state index >= 15 is 9.59 Å². The van der Waals surface area contributed by atoms with Gasteiger partial charge >= 0.3 is 23.3 Å². The number of carbonyl (C=O) groups is 2. The molecule has 9 nitrogen and oxygen atoms in total. The number of carbonyl (C=O) groups excluding carboxylic acids is 2. The summed E-state index contributed by atoms with van der Waals surface area (Å²) < 4.78 is 17.3. The SMILES string of the molecule is CC(=O)OC[C@]12CC[C@]3(C(C)C)C1=C1[C@H](C[C@@H]4[C@@]5(C)CC[C@H](OC(C)=O)C(C)(C)[C@@H]5CC[C@@]4(C)[C@]1(C)CC2)n1c(=O)n(Cc2ccccc2)c(=O)n13. The molecule has 2 aromatic rings. The van der Waals surface area contributed by atoms with Gasteiger partial charge in [-0.25, -0.2) is 23.5 Å². The zero-order valence-corrected chi connectivity index (χ0v) is 32.8. The first-order valence-corrected chi connectivity index (χ1v) is 19.9. The van der Waals surface area contributed by atoms with Crippen LogP contribution in [0.2, 0.25) is 0 Å². The zero-order valence-electron chi connectivity index (χ0n) is 32.8. The lowest BCUT2D eigenvalue weighted by Crippen LogP contribution is -2.67. The predicted molar refractivity (Wildman–Crippen MR) is 199 cm³/mol. The van der Waals surface area contributed by atoms with E-state index in [0.717, 1.165) is 63.4 Å². The zero-order chi connectivity index (χ0) is 37.4. The molecule has 0 spiro atoms. The largest absolute Gasteiger partial charge is 0.465 e. The highest BCUT2D eigenvalue weighted by molar-refractivity contribution is 5.66. The third-order valence-electron chi connectivity index (χ3n) is 16.7. The Morgan fingerprint density at radius 2 is 1.54 bits per heavy atom. The molecule has 0 unspecified atom stereocenters. The van der Waals surface area contributed by atoms with Gasteiger partial charge in [-0.2, -0.15) is 0 Å². The smallest absolute Gasteiger partial charge is 0.348 e. The van der Waals surface area contributed by atoms with Crippen LogP contribution in [0.5, 0.6) is 0 Å². The number of nitrogens with zero attached hydrogens (tertiary/aromatic N) is 3. The molecule has 8 rings (SSSR count). The fourth-order valence-corrected chi connectivity index (χ4v) is 14.2. The summed E-state index contributed by atoms with van der Waals surface area (Å²) in [7, 11) is 0. The maximum absolute atomic E-state index is 15.1. The number of esters is 2. The van der Waals surface area contributed by atoms with Crippen molar-refractivity contribution in [1.82, 2.24) is 13.9 Å². The van der Waals surface area contributed by atoms with Crippen molar-refractivity contribution in [2.45, 2.75) is 144 Å². The number of ether oxygens (including phenoxy) is 2. The number of benzene rings is 1. The van der Waals surface area contributed by atoms with Crippen LogP contribution in [-0.2, 0) is 31.1 Å². The summed E-state index contributed by atoms with van der Waals surface area (Å²) in [6.45, 7) is 20.1. The summed E-state index contributed by atoms with van der Waals surface area (Å²) in [5, 5.41) is 0. The van der Waals surface area contributed by atoms with Crippen molar-refractivity contribution >= 4 is 11.9 Å². The molecule has 2 heterocycles. The molecule has 4 saturated carbocycles. The highest BCUT2D eigenvalue weighted by atomic mass is 16.5. The first-order valence-electron chi connectivity index (χ1n) is 19.9. The Labute approximate surface area is 308 Å². The van der Waals surface area contributed by atoms with Crippen LogP contribution in [-0.4, -0.2) is 38.6 Å². The summed E-state index contributed by atoms with van der Waals surface area (Å²) in [5.74, 6) is 0.154. The molecule has 9 atom stereocenters. The van der Waals surface area contributed by atoms with E-state index in [-0.39, 0.29) is 80.9 Å². The van der Waals surface area contributed by atoms with Crippen LogP contribution in [0.3, 0.4) is 0 Å². The van der Waals surface area contributed by atoms with Crippen LogP contribution >= 0.6 is 0 Å². The second-order valence-electron chi connectivity index (χ2n) is 19.3. The average Bonchev–Trinajstić information content (AvgIpc) is 3.55. The lowest BCUT2D eigenvalue weighted by molar-refractivity contribution is -0.218. The molecule has 282 valence electrons. The first-order chi connectivity index (χ1) is 24.4. The van der Waals surface area contributed by atoms with Gasteiger partial charge in [-0.1, -0.05) is 78.8 Å². The highest BCUT2D eigenvalue weighted by Crippen LogP contribution is 2.79. The Morgan fingerprint density at radius 3 is 2.19 bits per heavy atom. The standard InChI is InChI=1S/C43H59N3O6/c1-26(2)43-22-21-42(25-51-27(3)47)20-19-41(9)34(35(42)43)30(45-36(49)44(37(50)46(43)45)24-29-13-11-10-12-14-29)23-32-39(7)17-16-33(52-28(4)48)38(5,6)31(39)15-18-40(32,41)8/h10-14,26,30-33H,15-25H2,1-9H3/t30-,31-,32+,33-,39-,40+,41+,42-,43-/m0/s1. The van der Waals surface area contributed by atoms with E-state index in [1.54, 1.807) is 0 Å². The second kappa shape index (κ2) is 11.3. The van der Waals surface area contributed by atoms with E-state index in [0.29, 0.717) is 12.5 Å². The van der Waals surface area contributed by atoms with Gasteiger partial charge in [0.2, 0.25) is 0 Å². The number of allylic oxidation sites excluding steroid dienone is 1. The molecule has 6 aliphatic rings. The van der Waals surface area contributed by atoms with Crippen molar-refractivity contribution in [2.75, 3.05) is 6.61 Å². The van der Waals surface area contributed by atoms with E-state index in [9.17, 15) is 9.59 Å². The van der Waals surface area contributed by atoms with E-state index in [1.807, 2.05) is 39.7 Å². The van der Waals surface area contributed by atoms with Crippen LogP contribution < -0.4 is 11.4 Å². The Balaban J connectivity index is 1.38. The van der Waals surface area contributed by atoms with Crippen LogP contribution in [0.4, 0.5) is 0 Å². The molecule has 5 aliphatic carbocycles. The number of hydrogen-bond acceptors (Lipinski definition) is 6. The van der Waals surface area contributed by atoms with Crippen LogP contribution in [0.1, 0.15) is 132 Å². The molecule has 0 bridgehead atoms. The molecular formula is C43H59N3O6. The van der Waals surface area contributed by atoms with Gasteiger partial charge in [0.05, 0.1) is 18.1 Å². The van der Waals surface area contributed by atoms with Gasteiger partial charge in [-0.15, -0.1) is 0 Å². The Bertz CT molecular complexity index is 1990. The number of rotatable bonds is 6. The van der Waals surface area contributed by atoms with Gasteiger partial charge in [0.15, 0.2) is 0 Å². The first kappa shape index (κ1) is 35.7. The Morgan fingerprint density at radius 1 is 0.846 bits per heavy atom. The fraction of sp³-hybridized carbons (Fsp3) is 0.721. The molecule has 52 heavy (non-hydrogen) atoms. The highest BCUT2D eigenvalue weighted by Gasteiger charge is 2.73. The maximum Gasteiger partial charge on any atom is 0.348 e. The van der Waals surface area contributed by atoms with E-state index < -0.39 is 5.54 Å². The number of aromatic nitrogens is 3. The van der Waals surface area contributed by atoms with Crippen molar-refractivity contribution in [1.29, 1.82) is 0 Å². The van der Waals surface area contributed by atoms with Gasteiger partial charge in [0.1, 0.15) is 12.7 Å². The average molecular weight is 714 g/mol. The number of hydrogen-bond donors (Lipinski definition) is 0. The predicted octanol–water partition coefficient (Wildman–Crippen LogP) is 7.40. The van der Waals surface area contributed by atoms with Gasteiger partial charge in [0, 0.05) is 24.7 Å². The minimum Gasteiger partial charge on any atom is -0.465 e. The molecular weight excluding hydrogens is 654 g/mol. The molecule has 1 aliphatic heterocycles. The maximum atomic E-state index is 15.1. The molecule has 9 heteroatoms. The van der Waals surface area contributed by atoms with Crippen molar-refractivity contribution < 1.29 is 19.1 Å². The molecule has 1 aromatic carbocycles. The molecule has 4 fully saturated rings.